The Morgan fingerprint density at radius 3 is 2.79 bits per heavy atom. The summed E-state index contributed by atoms with van der Waals surface area (Å²) < 4.78 is 1.81. The predicted octanol–water partition coefficient (Wildman–Crippen LogP) is 2.82. The highest BCUT2D eigenvalue weighted by molar-refractivity contribution is 6.22. The van der Waals surface area contributed by atoms with Gasteiger partial charge in [0, 0.05) is 25.4 Å². The van der Waals surface area contributed by atoms with Gasteiger partial charge in [0.25, 0.3) is 11.5 Å². The van der Waals surface area contributed by atoms with Crippen molar-refractivity contribution in [3.05, 3.63) is 34.0 Å². The minimum Gasteiger partial charge on any atom is -0.506 e. The number of hydrogen-bond donors (Lipinski definition) is 2. The Balaban J connectivity index is 1.74. The van der Waals surface area contributed by atoms with Crippen LogP contribution in [-0.2, 0) is 13.0 Å². The molecule has 0 saturated heterocycles. The smallest absolute Gasteiger partial charge is 0.272 e. The largest absolute Gasteiger partial charge is 0.506 e. The number of aryl methyl sites for hydroxylation is 1. The van der Waals surface area contributed by atoms with Crippen molar-refractivity contribution in [3.8, 4) is 5.75 Å². The zero-order chi connectivity index (χ0) is 20.7. The Morgan fingerprint density at radius 2 is 2.17 bits per heavy atom. The molecule has 0 spiro atoms. The highest BCUT2D eigenvalue weighted by Crippen LogP contribution is 2.37. The van der Waals surface area contributed by atoms with Crippen molar-refractivity contribution in [2.45, 2.75) is 51.6 Å². The van der Waals surface area contributed by atoms with Crippen LogP contribution in [0, 0.1) is 5.92 Å². The number of rotatable bonds is 6. The number of anilines is 2. The molecular formula is C20H26ClN5O3. The van der Waals surface area contributed by atoms with Crippen LogP contribution in [0.15, 0.2) is 17.1 Å². The average molecular weight is 420 g/mol. The van der Waals surface area contributed by atoms with Gasteiger partial charge in [0.1, 0.15) is 22.6 Å². The lowest BCUT2D eigenvalue weighted by molar-refractivity contribution is 0.0695. The molecule has 1 saturated carbocycles. The minimum atomic E-state index is -0.584. The van der Waals surface area contributed by atoms with Crippen molar-refractivity contribution in [1.82, 2.24) is 19.4 Å². The third-order valence-corrected chi connectivity index (χ3v) is 6.22. The van der Waals surface area contributed by atoms with Crippen molar-refractivity contribution in [1.29, 1.82) is 0 Å². The molecule has 1 amide bonds. The molecule has 2 aromatic rings. The summed E-state index contributed by atoms with van der Waals surface area (Å²) in [7, 11) is 0. The quantitative estimate of drug-likeness (QED) is 0.554. The number of H-pyrrole nitrogens is 1. The monoisotopic (exact) mass is 419 g/mol. The van der Waals surface area contributed by atoms with E-state index in [1.54, 1.807) is 4.90 Å². The van der Waals surface area contributed by atoms with Gasteiger partial charge in [0.15, 0.2) is 0 Å². The fourth-order valence-electron chi connectivity index (χ4n) is 4.08. The zero-order valence-electron chi connectivity index (χ0n) is 16.7. The van der Waals surface area contributed by atoms with Crippen molar-refractivity contribution in [2.75, 3.05) is 18.0 Å². The summed E-state index contributed by atoms with van der Waals surface area (Å²) in [6.07, 6.45) is 5.41. The number of hydrogen-bond acceptors (Lipinski definition) is 5. The van der Waals surface area contributed by atoms with Gasteiger partial charge in [-0.3, -0.25) is 14.5 Å². The van der Waals surface area contributed by atoms with Crippen LogP contribution in [-0.4, -0.2) is 49.0 Å². The number of carbonyl (C=O) groups is 1. The van der Waals surface area contributed by atoms with Crippen LogP contribution in [0.3, 0.4) is 0 Å². The summed E-state index contributed by atoms with van der Waals surface area (Å²) in [5.74, 6) is 0.928. The molecular weight excluding hydrogens is 394 g/mol. The van der Waals surface area contributed by atoms with Gasteiger partial charge in [0.2, 0.25) is 5.95 Å². The normalized spacial score (nSPS) is 18.6. The minimum absolute atomic E-state index is 0.0365. The number of fused-ring (bicyclic) bond motifs is 1. The fourth-order valence-corrected chi connectivity index (χ4v) is 4.41. The van der Waals surface area contributed by atoms with Crippen molar-refractivity contribution >= 4 is 29.1 Å². The van der Waals surface area contributed by atoms with E-state index in [4.69, 9.17) is 11.6 Å². The lowest BCUT2D eigenvalue weighted by atomic mass is 9.85. The molecule has 1 atom stereocenters. The first-order chi connectivity index (χ1) is 13.9. The van der Waals surface area contributed by atoms with Crippen LogP contribution in [0.2, 0.25) is 0 Å². The molecule has 156 valence electrons. The van der Waals surface area contributed by atoms with Crippen LogP contribution < -0.4 is 10.5 Å². The summed E-state index contributed by atoms with van der Waals surface area (Å²) >= 11 is 6.55. The number of pyridine rings is 1. The topological polar surface area (TPSA) is 94.5 Å². The maximum atomic E-state index is 13.4. The average Bonchev–Trinajstić information content (AvgIpc) is 3.16. The van der Waals surface area contributed by atoms with Gasteiger partial charge in [-0.25, -0.2) is 4.98 Å². The second kappa shape index (κ2) is 7.74. The van der Waals surface area contributed by atoms with E-state index < -0.39 is 5.50 Å². The van der Waals surface area contributed by atoms with Gasteiger partial charge in [-0.1, -0.05) is 24.9 Å². The number of alkyl halides is 1. The van der Waals surface area contributed by atoms with E-state index in [0.29, 0.717) is 42.8 Å². The molecule has 3 heterocycles. The van der Waals surface area contributed by atoms with Crippen LogP contribution >= 0.6 is 11.6 Å². The van der Waals surface area contributed by atoms with Gasteiger partial charge < -0.3 is 19.6 Å². The Morgan fingerprint density at radius 1 is 1.41 bits per heavy atom. The van der Waals surface area contributed by atoms with Gasteiger partial charge in [-0.15, -0.1) is 0 Å². The van der Waals surface area contributed by atoms with E-state index in [0.717, 1.165) is 6.54 Å². The number of nitrogens with zero attached hydrogens (tertiary/aromatic N) is 4. The molecule has 0 bridgehead atoms. The van der Waals surface area contributed by atoms with Crippen LogP contribution in [0.5, 0.6) is 5.75 Å². The molecule has 8 nitrogen and oxygen atoms in total. The summed E-state index contributed by atoms with van der Waals surface area (Å²) in [6.45, 7) is 5.69. The zero-order valence-corrected chi connectivity index (χ0v) is 17.4. The number of halogens is 1. The fraction of sp³-hybridized carbons (Fsp3) is 0.550. The van der Waals surface area contributed by atoms with Crippen LogP contribution in [0.25, 0.3) is 0 Å². The first-order valence-corrected chi connectivity index (χ1v) is 10.6. The molecule has 1 unspecified atom stereocenters. The van der Waals surface area contributed by atoms with Gasteiger partial charge in [-0.2, -0.15) is 0 Å². The summed E-state index contributed by atoms with van der Waals surface area (Å²) in [5.41, 5.74) is 0.489. The highest BCUT2D eigenvalue weighted by atomic mass is 35.5. The van der Waals surface area contributed by atoms with E-state index >= 15 is 0 Å². The number of imidazole rings is 1. The number of aromatic amines is 1. The van der Waals surface area contributed by atoms with E-state index in [9.17, 15) is 14.7 Å². The first kappa shape index (κ1) is 19.8. The first-order valence-electron chi connectivity index (χ1n) is 10.2. The number of carbonyl (C=O) groups excluding carboxylic acids is 1. The van der Waals surface area contributed by atoms with Gasteiger partial charge in [0.05, 0.1) is 12.2 Å². The molecule has 4 rings (SSSR count). The van der Waals surface area contributed by atoms with Gasteiger partial charge >= 0.3 is 0 Å². The predicted molar refractivity (Wildman–Crippen MR) is 111 cm³/mol. The summed E-state index contributed by atoms with van der Waals surface area (Å²) in [4.78, 5) is 36.4. The van der Waals surface area contributed by atoms with Crippen molar-refractivity contribution < 1.29 is 9.90 Å². The maximum Gasteiger partial charge on any atom is 0.272 e. The van der Waals surface area contributed by atoms with Crippen LogP contribution in [0.1, 0.15) is 49.3 Å². The Hall–Kier alpha value is -2.48. The molecule has 9 heteroatoms. The van der Waals surface area contributed by atoms with E-state index in [1.165, 1.54) is 31.5 Å². The second-order valence-corrected chi connectivity index (χ2v) is 8.19. The summed E-state index contributed by atoms with van der Waals surface area (Å²) in [5, 5.41) is 9.82. The number of amides is 1. The number of aromatic nitrogens is 3. The molecule has 2 aliphatic rings. The Kier molecular flexibility index (Phi) is 5.29. The molecule has 29 heavy (non-hydrogen) atoms. The third-order valence-electron chi connectivity index (χ3n) is 5.89. The van der Waals surface area contributed by atoms with Crippen LogP contribution in [0.4, 0.5) is 11.6 Å². The molecule has 1 aliphatic carbocycles. The third kappa shape index (κ3) is 3.39. The molecule has 0 radical (unpaired) electrons. The molecule has 0 aromatic carbocycles. The number of nitrogens with one attached hydrogen (secondary N) is 1. The van der Waals surface area contributed by atoms with E-state index in [1.807, 2.05) is 23.3 Å². The molecule has 2 aromatic heterocycles. The SMILES string of the molecule is CCc1nc2n(c1C(=O)N(CC)CC1CCC1)CC(Cl)N2c1cc(O)c[nH]c1=O. The van der Waals surface area contributed by atoms with E-state index in [2.05, 4.69) is 9.97 Å². The van der Waals surface area contributed by atoms with Crippen molar-refractivity contribution in [2.24, 2.45) is 5.92 Å². The molecule has 1 fully saturated rings. The van der Waals surface area contributed by atoms with Gasteiger partial charge in [-0.05, 0) is 32.1 Å². The maximum absolute atomic E-state index is 13.4. The second-order valence-electron chi connectivity index (χ2n) is 7.69. The molecule has 2 N–H and O–H groups in total. The summed E-state index contributed by atoms with van der Waals surface area (Å²) in [6, 6.07) is 1.36. The lowest BCUT2D eigenvalue weighted by Crippen LogP contribution is -2.38. The number of aromatic hydroxyl groups is 1. The molecule has 1 aliphatic heterocycles. The lowest BCUT2D eigenvalue weighted by Gasteiger charge is -2.32. The van der Waals surface area contributed by atoms with E-state index in [-0.39, 0.29) is 22.9 Å². The Labute approximate surface area is 174 Å². The standard InChI is InChI=1S/C20H26ClN5O3/c1-3-14-17(19(29)24(4-2)10-12-6-5-7-12)25-11-16(21)26(20(25)23-14)15-8-13(27)9-22-18(15)28/h8-9,12,16,27H,3-7,10-11H2,1-2H3,(H,22,28). The highest BCUT2D eigenvalue weighted by Gasteiger charge is 2.38. The Bertz CT molecular complexity index is 981. The van der Waals surface area contributed by atoms with Crippen molar-refractivity contribution in [3.63, 3.8) is 0 Å².